The largest absolute Gasteiger partial charge is 0.372 e. The summed E-state index contributed by atoms with van der Waals surface area (Å²) in [5.74, 6) is 1.53. The molecule has 0 saturated heterocycles. The summed E-state index contributed by atoms with van der Waals surface area (Å²) in [6, 6.07) is 0. The standard InChI is InChI=1S/C15H22BrN5/c1-7-10-11(16)14(17-5)19-13(18-10)9-8-21(6)20-12(9)15(2,3)4/h8H,7H2,1-6H3,(H,17,18,19). The number of nitrogens with one attached hydrogen (secondary N) is 1. The van der Waals surface area contributed by atoms with Crippen LogP contribution in [0, 0.1) is 0 Å². The zero-order valence-corrected chi connectivity index (χ0v) is 15.0. The average molecular weight is 352 g/mol. The van der Waals surface area contributed by atoms with Gasteiger partial charge in [0.2, 0.25) is 0 Å². The Kier molecular flexibility index (Phi) is 4.37. The van der Waals surface area contributed by atoms with Gasteiger partial charge < -0.3 is 5.32 Å². The number of halogens is 1. The monoisotopic (exact) mass is 351 g/mol. The molecule has 0 unspecified atom stereocenters. The lowest BCUT2D eigenvalue weighted by Crippen LogP contribution is -2.14. The van der Waals surface area contributed by atoms with E-state index < -0.39 is 0 Å². The summed E-state index contributed by atoms with van der Waals surface area (Å²) in [6.45, 7) is 8.54. The molecule has 0 aliphatic heterocycles. The molecule has 0 spiro atoms. The highest BCUT2D eigenvalue weighted by Gasteiger charge is 2.25. The molecule has 5 nitrogen and oxygen atoms in total. The molecule has 6 heteroatoms. The molecule has 114 valence electrons. The summed E-state index contributed by atoms with van der Waals surface area (Å²) in [7, 11) is 3.79. The topological polar surface area (TPSA) is 55.6 Å². The van der Waals surface area contributed by atoms with Crippen LogP contribution < -0.4 is 5.32 Å². The van der Waals surface area contributed by atoms with E-state index in [4.69, 9.17) is 4.98 Å². The number of rotatable bonds is 3. The average Bonchev–Trinajstić information content (AvgIpc) is 2.81. The molecule has 2 rings (SSSR count). The van der Waals surface area contributed by atoms with E-state index in [1.54, 1.807) is 0 Å². The summed E-state index contributed by atoms with van der Waals surface area (Å²) in [4.78, 5) is 9.34. The molecule has 0 amide bonds. The molecule has 0 saturated carbocycles. The lowest BCUT2D eigenvalue weighted by atomic mass is 9.89. The van der Waals surface area contributed by atoms with Crippen molar-refractivity contribution in [3.8, 4) is 11.4 Å². The molecule has 1 N–H and O–H groups in total. The first-order valence-electron chi connectivity index (χ1n) is 7.06. The number of hydrogen-bond donors (Lipinski definition) is 1. The highest BCUT2D eigenvalue weighted by molar-refractivity contribution is 9.10. The van der Waals surface area contributed by atoms with Crippen molar-refractivity contribution in [3.05, 3.63) is 22.1 Å². The Labute approximate surface area is 134 Å². The number of aromatic nitrogens is 4. The molecule has 0 aromatic carbocycles. The third-order valence-corrected chi connectivity index (χ3v) is 4.10. The van der Waals surface area contributed by atoms with Gasteiger partial charge in [0.1, 0.15) is 5.82 Å². The van der Waals surface area contributed by atoms with Gasteiger partial charge in [0.15, 0.2) is 5.82 Å². The summed E-state index contributed by atoms with van der Waals surface area (Å²) >= 11 is 3.56. The Hall–Kier alpha value is -1.43. The quantitative estimate of drug-likeness (QED) is 0.918. The van der Waals surface area contributed by atoms with Crippen LogP contribution in [0.25, 0.3) is 11.4 Å². The van der Waals surface area contributed by atoms with Gasteiger partial charge in [0.05, 0.1) is 21.4 Å². The first-order chi connectivity index (χ1) is 9.77. The molecule has 0 aliphatic rings. The maximum absolute atomic E-state index is 4.71. The third-order valence-electron chi connectivity index (χ3n) is 3.27. The van der Waals surface area contributed by atoms with Crippen LogP contribution in [0.15, 0.2) is 10.7 Å². The van der Waals surface area contributed by atoms with E-state index in [0.29, 0.717) is 0 Å². The number of nitrogens with zero attached hydrogens (tertiary/aromatic N) is 4. The number of aryl methyl sites for hydroxylation is 2. The minimum absolute atomic E-state index is 0.0563. The Morgan fingerprint density at radius 1 is 1.29 bits per heavy atom. The molecule has 2 aromatic rings. The minimum Gasteiger partial charge on any atom is -0.372 e. The van der Waals surface area contributed by atoms with Crippen LogP contribution in [-0.2, 0) is 18.9 Å². The third kappa shape index (κ3) is 3.10. The second-order valence-corrected chi connectivity index (χ2v) is 6.87. The molecule has 0 aliphatic carbocycles. The zero-order valence-electron chi connectivity index (χ0n) is 13.5. The summed E-state index contributed by atoms with van der Waals surface area (Å²) in [5.41, 5.74) is 2.94. The van der Waals surface area contributed by atoms with Gasteiger partial charge in [0, 0.05) is 25.7 Å². The van der Waals surface area contributed by atoms with Gasteiger partial charge in [-0.25, -0.2) is 9.97 Å². The van der Waals surface area contributed by atoms with Gasteiger partial charge in [-0.05, 0) is 22.4 Å². The molecule has 0 radical (unpaired) electrons. The molecule has 0 atom stereocenters. The first-order valence-corrected chi connectivity index (χ1v) is 7.85. The number of anilines is 1. The Morgan fingerprint density at radius 3 is 2.48 bits per heavy atom. The highest BCUT2D eigenvalue weighted by Crippen LogP contribution is 2.33. The van der Waals surface area contributed by atoms with Crippen LogP contribution >= 0.6 is 15.9 Å². The van der Waals surface area contributed by atoms with Crippen LogP contribution in [0.5, 0.6) is 0 Å². The van der Waals surface area contributed by atoms with Gasteiger partial charge in [-0.15, -0.1) is 0 Å². The Morgan fingerprint density at radius 2 is 1.95 bits per heavy atom. The van der Waals surface area contributed by atoms with Crippen LogP contribution in [0.1, 0.15) is 39.1 Å². The van der Waals surface area contributed by atoms with Gasteiger partial charge in [-0.1, -0.05) is 27.7 Å². The van der Waals surface area contributed by atoms with E-state index in [1.807, 2.05) is 25.0 Å². The van der Waals surface area contributed by atoms with E-state index >= 15 is 0 Å². The second kappa shape index (κ2) is 5.75. The molecule has 2 aromatic heterocycles. The molecule has 2 heterocycles. The highest BCUT2D eigenvalue weighted by atomic mass is 79.9. The SMILES string of the molecule is CCc1nc(-c2cn(C)nc2C(C)(C)C)nc(NC)c1Br. The summed E-state index contributed by atoms with van der Waals surface area (Å²) < 4.78 is 2.75. The van der Waals surface area contributed by atoms with Gasteiger partial charge >= 0.3 is 0 Å². The maximum Gasteiger partial charge on any atom is 0.165 e. The van der Waals surface area contributed by atoms with Crippen molar-refractivity contribution in [2.75, 3.05) is 12.4 Å². The van der Waals surface area contributed by atoms with E-state index in [0.717, 1.165) is 39.5 Å². The fraction of sp³-hybridized carbons (Fsp3) is 0.533. The van der Waals surface area contributed by atoms with Crippen LogP contribution in [0.4, 0.5) is 5.82 Å². The van der Waals surface area contributed by atoms with Crippen molar-refractivity contribution in [1.82, 2.24) is 19.7 Å². The fourth-order valence-electron chi connectivity index (χ4n) is 2.22. The molecule has 0 fully saturated rings. The maximum atomic E-state index is 4.71. The normalized spacial score (nSPS) is 11.8. The van der Waals surface area contributed by atoms with E-state index in [1.165, 1.54) is 0 Å². The first kappa shape index (κ1) is 15.9. The Balaban J connectivity index is 2.68. The molecular weight excluding hydrogens is 330 g/mol. The van der Waals surface area contributed by atoms with Crippen LogP contribution in [0.3, 0.4) is 0 Å². The van der Waals surface area contributed by atoms with Crippen molar-refractivity contribution >= 4 is 21.7 Å². The van der Waals surface area contributed by atoms with Gasteiger partial charge in [0.25, 0.3) is 0 Å². The van der Waals surface area contributed by atoms with Gasteiger partial charge in [-0.3, -0.25) is 4.68 Å². The smallest absolute Gasteiger partial charge is 0.165 e. The van der Waals surface area contributed by atoms with E-state index in [9.17, 15) is 0 Å². The van der Waals surface area contributed by atoms with Crippen LogP contribution in [0.2, 0.25) is 0 Å². The summed E-state index contributed by atoms with van der Waals surface area (Å²) in [5, 5.41) is 7.72. The van der Waals surface area contributed by atoms with Crippen molar-refractivity contribution < 1.29 is 0 Å². The fourth-order valence-corrected chi connectivity index (χ4v) is 2.88. The lowest BCUT2D eigenvalue weighted by molar-refractivity contribution is 0.554. The van der Waals surface area contributed by atoms with Crippen molar-refractivity contribution in [2.24, 2.45) is 7.05 Å². The van der Waals surface area contributed by atoms with Crippen LogP contribution in [-0.4, -0.2) is 26.8 Å². The van der Waals surface area contributed by atoms with E-state index in [2.05, 4.69) is 59.0 Å². The van der Waals surface area contributed by atoms with Crippen molar-refractivity contribution in [2.45, 2.75) is 39.5 Å². The molecule has 0 bridgehead atoms. The van der Waals surface area contributed by atoms with Crippen molar-refractivity contribution in [3.63, 3.8) is 0 Å². The zero-order chi connectivity index (χ0) is 15.8. The minimum atomic E-state index is -0.0563. The predicted octanol–water partition coefficient (Wildman–Crippen LogP) is 3.54. The second-order valence-electron chi connectivity index (χ2n) is 6.08. The van der Waals surface area contributed by atoms with E-state index in [-0.39, 0.29) is 5.41 Å². The lowest BCUT2D eigenvalue weighted by Gasteiger charge is -2.17. The molecule has 21 heavy (non-hydrogen) atoms. The van der Waals surface area contributed by atoms with Gasteiger partial charge in [-0.2, -0.15) is 5.10 Å². The molecular formula is C15H22BrN5. The number of hydrogen-bond acceptors (Lipinski definition) is 4. The van der Waals surface area contributed by atoms with Crippen molar-refractivity contribution in [1.29, 1.82) is 0 Å². The summed E-state index contributed by atoms with van der Waals surface area (Å²) in [6.07, 6.45) is 2.83. The Bertz CT molecular complexity index is 630. The predicted molar refractivity (Wildman–Crippen MR) is 89.6 cm³/mol.